The summed E-state index contributed by atoms with van der Waals surface area (Å²) in [7, 11) is 0. The molecule has 0 amide bonds. The van der Waals surface area contributed by atoms with Crippen molar-refractivity contribution in [2.45, 2.75) is 13.3 Å². The Kier molecular flexibility index (Phi) is 3.53. The maximum absolute atomic E-state index is 5.92. The molecule has 0 aliphatic carbocycles. The van der Waals surface area contributed by atoms with Gasteiger partial charge < -0.3 is 0 Å². The summed E-state index contributed by atoms with van der Waals surface area (Å²) >= 11 is 9.64. The molecule has 0 aliphatic heterocycles. The lowest BCUT2D eigenvalue weighted by atomic mass is 10.4. The van der Waals surface area contributed by atoms with Crippen molar-refractivity contribution in [1.82, 2.24) is 15.0 Å². The van der Waals surface area contributed by atoms with E-state index in [0.717, 1.165) is 20.7 Å². The van der Waals surface area contributed by atoms with Crippen molar-refractivity contribution in [3.8, 4) is 11.5 Å². The molecule has 78 valence electrons. The zero-order valence-corrected chi connectivity index (χ0v) is 11.6. The highest BCUT2D eigenvalue weighted by Gasteiger charge is 2.08. The second-order valence-electron chi connectivity index (χ2n) is 2.81. The minimum Gasteiger partial charge on any atom is -0.238 e. The molecule has 0 N–H and O–H groups in total. The van der Waals surface area contributed by atoms with Crippen LogP contribution < -0.4 is 0 Å². The Bertz CT molecular complexity index is 486. The summed E-state index contributed by atoms with van der Waals surface area (Å²) < 4.78 is 0.851. The Morgan fingerprint density at radius 1 is 1.47 bits per heavy atom. The van der Waals surface area contributed by atoms with Crippen LogP contribution in [0.15, 0.2) is 11.6 Å². The van der Waals surface area contributed by atoms with Crippen LogP contribution in [0.5, 0.6) is 0 Å². The fourth-order valence-electron chi connectivity index (χ4n) is 1.05. The van der Waals surface area contributed by atoms with E-state index in [1.165, 1.54) is 0 Å². The van der Waals surface area contributed by atoms with Crippen molar-refractivity contribution in [3.63, 3.8) is 0 Å². The molecule has 2 aromatic heterocycles. The van der Waals surface area contributed by atoms with Gasteiger partial charge in [0.1, 0.15) is 10.8 Å². The molecular weight excluding hydrogens is 345 g/mol. The number of rotatable bonds is 2. The lowest BCUT2D eigenvalue weighted by Crippen LogP contribution is -1.91. The van der Waals surface area contributed by atoms with Gasteiger partial charge in [-0.1, -0.05) is 18.5 Å². The standard InChI is InChI=1S/C9H7ClIN3S/c1-2-7-13-6(4-15-7)9-12-3-5(11)8(10)14-9/h3-4H,2H2,1H3. The van der Waals surface area contributed by atoms with Crippen molar-refractivity contribution in [2.75, 3.05) is 0 Å². The van der Waals surface area contributed by atoms with Gasteiger partial charge in [0.2, 0.25) is 0 Å². The van der Waals surface area contributed by atoms with Crippen molar-refractivity contribution in [2.24, 2.45) is 0 Å². The molecule has 2 rings (SSSR count). The lowest BCUT2D eigenvalue weighted by Gasteiger charge is -1.97. The summed E-state index contributed by atoms with van der Waals surface area (Å²) in [6.07, 6.45) is 2.64. The molecular formula is C9H7ClIN3S. The van der Waals surface area contributed by atoms with Gasteiger partial charge in [-0.2, -0.15) is 0 Å². The number of halogens is 2. The molecule has 0 aliphatic rings. The smallest absolute Gasteiger partial charge is 0.180 e. The van der Waals surface area contributed by atoms with Gasteiger partial charge in [0.15, 0.2) is 5.82 Å². The summed E-state index contributed by atoms with van der Waals surface area (Å²) in [5.41, 5.74) is 0.801. The Balaban J connectivity index is 2.40. The molecule has 0 aromatic carbocycles. The van der Waals surface area contributed by atoms with Gasteiger partial charge in [0.05, 0.1) is 8.58 Å². The first kappa shape index (κ1) is 11.2. The van der Waals surface area contributed by atoms with Crippen LogP contribution in [0.3, 0.4) is 0 Å². The number of aromatic nitrogens is 3. The largest absolute Gasteiger partial charge is 0.238 e. The summed E-state index contributed by atoms with van der Waals surface area (Å²) in [5.74, 6) is 0.594. The molecule has 0 spiro atoms. The van der Waals surface area contributed by atoms with Gasteiger partial charge in [-0.05, 0) is 29.0 Å². The minimum absolute atomic E-state index is 0.478. The van der Waals surface area contributed by atoms with Crippen molar-refractivity contribution in [1.29, 1.82) is 0 Å². The first-order valence-corrected chi connectivity index (χ1v) is 6.67. The molecule has 2 heterocycles. The third-order valence-corrected chi connectivity index (χ3v) is 4.17. The van der Waals surface area contributed by atoms with Crippen LogP contribution >= 0.6 is 45.5 Å². The molecule has 0 unspecified atom stereocenters. The molecule has 0 saturated heterocycles. The predicted molar refractivity (Wildman–Crippen MR) is 70.2 cm³/mol. The van der Waals surface area contributed by atoms with E-state index in [0.29, 0.717) is 11.0 Å². The van der Waals surface area contributed by atoms with Crippen molar-refractivity contribution >= 4 is 45.5 Å². The average Bonchev–Trinajstić information content (AvgIpc) is 2.70. The van der Waals surface area contributed by atoms with Crippen LogP contribution in [0, 0.1) is 3.57 Å². The summed E-state index contributed by atoms with van der Waals surface area (Å²) in [5, 5.41) is 3.52. The monoisotopic (exact) mass is 351 g/mol. The highest BCUT2D eigenvalue weighted by atomic mass is 127. The van der Waals surface area contributed by atoms with E-state index in [1.54, 1.807) is 17.5 Å². The average molecular weight is 352 g/mol. The molecule has 0 fully saturated rings. The zero-order chi connectivity index (χ0) is 10.8. The fourth-order valence-corrected chi connectivity index (χ4v) is 2.16. The number of hydrogen-bond donors (Lipinski definition) is 0. The van der Waals surface area contributed by atoms with Crippen LogP contribution in [0.25, 0.3) is 11.5 Å². The molecule has 3 nitrogen and oxygen atoms in total. The summed E-state index contributed by atoms with van der Waals surface area (Å²) in [6, 6.07) is 0. The molecule has 0 bridgehead atoms. The van der Waals surface area contributed by atoms with Crippen LogP contribution in [0.1, 0.15) is 11.9 Å². The maximum atomic E-state index is 5.92. The van der Waals surface area contributed by atoms with Crippen LogP contribution in [-0.2, 0) is 6.42 Å². The SMILES string of the molecule is CCc1nc(-c2ncc(I)c(Cl)n2)cs1. The van der Waals surface area contributed by atoms with Crippen LogP contribution in [-0.4, -0.2) is 15.0 Å². The van der Waals surface area contributed by atoms with E-state index in [2.05, 4.69) is 44.5 Å². The number of hydrogen-bond acceptors (Lipinski definition) is 4. The Morgan fingerprint density at radius 3 is 2.87 bits per heavy atom. The number of aryl methyl sites for hydroxylation is 1. The molecule has 2 aromatic rings. The third-order valence-electron chi connectivity index (χ3n) is 1.78. The molecule has 6 heteroatoms. The van der Waals surface area contributed by atoms with E-state index in [-0.39, 0.29) is 0 Å². The maximum Gasteiger partial charge on any atom is 0.180 e. The highest BCUT2D eigenvalue weighted by Crippen LogP contribution is 2.22. The van der Waals surface area contributed by atoms with Crippen molar-refractivity contribution < 1.29 is 0 Å². The highest BCUT2D eigenvalue weighted by molar-refractivity contribution is 14.1. The van der Waals surface area contributed by atoms with Crippen molar-refractivity contribution in [3.05, 3.63) is 25.3 Å². The van der Waals surface area contributed by atoms with Gasteiger partial charge in [-0.3, -0.25) is 0 Å². The number of thiazole rings is 1. The number of nitrogens with zero attached hydrogens (tertiary/aromatic N) is 3. The molecule has 0 atom stereocenters. The van der Waals surface area contributed by atoms with E-state index in [9.17, 15) is 0 Å². The first-order valence-electron chi connectivity index (χ1n) is 4.33. The summed E-state index contributed by atoms with van der Waals surface area (Å²) in [6.45, 7) is 2.07. The Morgan fingerprint density at radius 2 is 2.27 bits per heavy atom. The van der Waals surface area contributed by atoms with Gasteiger partial charge in [0.25, 0.3) is 0 Å². The second-order valence-corrected chi connectivity index (χ2v) is 5.28. The zero-order valence-electron chi connectivity index (χ0n) is 7.87. The van der Waals surface area contributed by atoms with Gasteiger partial charge in [-0.15, -0.1) is 11.3 Å². The van der Waals surface area contributed by atoms with E-state index in [1.807, 2.05) is 5.38 Å². The van der Waals surface area contributed by atoms with Gasteiger partial charge in [-0.25, -0.2) is 15.0 Å². The van der Waals surface area contributed by atoms with Gasteiger partial charge in [0, 0.05) is 11.6 Å². The topological polar surface area (TPSA) is 38.7 Å². The minimum atomic E-state index is 0.478. The third kappa shape index (κ3) is 2.46. The van der Waals surface area contributed by atoms with Crippen LogP contribution in [0.4, 0.5) is 0 Å². The first-order chi connectivity index (χ1) is 7.20. The molecule has 0 saturated carbocycles. The second kappa shape index (κ2) is 4.71. The normalized spacial score (nSPS) is 10.6. The van der Waals surface area contributed by atoms with E-state index < -0.39 is 0 Å². The lowest BCUT2D eigenvalue weighted by molar-refractivity contribution is 1.07. The Labute approximate surface area is 110 Å². The Hall–Kier alpha value is -0.270. The van der Waals surface area contributed by atoms with E-state index in [4.69, 9.17) is 11.6 Å². The van der Waals surface area contributed by atoms with E-state index >= 15 is 0 Å². The predicted octanol–water partition coefficient (Wildman–Crippen LogP) is 3.42. The fraction of sp³-hybridized carbons (Fsp3) is 0.222. The summed E-state index contributed by atoms with van der Waals surface area (Å²) in [4.78, 5) is 12.8. The van der Waals surface area contributed by atoms with Gasteiger partial charge >= 0.3 is 0 Å². The van der Waals surface area contributed by atoms with Crippen LogP contribution in [0.2, 0.25) is 5.15 Å². The molecule has 15 heavy (non-hydrogen) atoms. The quantitative estimate of drug-likeness (QED) is 0.615. The molecule has 0 radical (unpaired) electrons.